The first-order chi connectivity index (χ1) is 19.1. The molecule has 7 rings (SSSR count). The molecule has 202 valence electrons. The number of carbonyl (C=O) groups excluding carboxylic acids is 1. The van der Waals surface area contributed by atoms with Crippen LogP contribution in [0.2, 0.25) is 0 Å². The van der Waals surface area contributed by atoms with E-state index in [1.807, 2.05) is 0 Å². The fourth-order valence-electron chi connectivity index (χ4n) is 6.56. The Labute approximate surface area is 226 Å². The summed E-state index contributed by atoms with van der Waals surface area (Å²) < 4.78 is 33.2. The van der Waals surface area contributed by atoms with E-state index < -0.39 is 23.5 Å². The van der Waals surface area contributed by atoms with E-state index in [1.54, 1.807) is 60.2 Å². The van der Waals surface area contributed by atoms with Crippen LogP contribution in [0.15, 0.2) is 42.9 Å². The SMILES string of the molecule is CN1C(=O)c2cccc(OC(F)F)c2C2CC1c1nn3ccc(-c4cnc(C5(O)CC(C)(C#N)C5)nc4)nc3c12. The summed E-state index contributed by atoms with van der Waals surface area (Å²) in [5, 5.41) is 24.9. The summed E-state index contributed by atoms with van der Waals surface area (Å²) in [5.41, 5.74) is 2.03. The number of fused-ring (bicyclic) bond motifs is 9. The summed E-state index contributed by atoms with van der Waals surface area (Å²) in [4.78, 5) is 28.5. The third-order valence-corrected chi connectivity index (χ3v) is 8.32. The number of aromatic nitrogens is 5. The normalized spacial score (nSPS) is 26.7. The van der Waals surface area contributed by atoms with Gasteiger partial charge < -0.3 is 14.7 Å². The van der Waals surface area contributed by atoms with Crippen LogP contribution in [-0.4, -0.2) is 54.1 Å². The molecule has 1 fully saturated rings. The molecule has 1 amide bonds. The number of rotatable bonds is 4. The molecule has 4 aromatic rings. The van der Waals surface area contributed by atoms with Crippen LogP contribution in [0.3, 0.4) is 0 Å². The first-order valence-electron chi connectivity index (χ1n) is 12.8. The van der Waals surface area contributed by atoms with E-state index in [0.717, 1.165) is 5.56 Å². The molecule has 40 heavy (non-hydrogen) atoms. The maximum absolute atomic E-state index is 13.3. The molecule has 10 nitrogen and oxygen atoms in total. The molecule has 2 bridgehead atoms. The second-order valence-corrected chi connectivity index (χ2v) is 11.0. The van der Waals surface area contributed by atoms with E-state index in [9.17, 15) is 23.9 Å². The molecule has 2 atom stereocenters. The van der Waals surface area contributed by atoms with Gasteiger partial charge in [0.1, 0.15) is 11.4 Å². The van der Waals surface area contributed by atoms with Crippen molar-refractivity contribution in [3.63, 3.8) is 0 Å². The van der Waals surface area contributed by atoms with Gasteiger partial charge in [-0.25, -0.2) is 19.5 Å². The zero-order chi connectivity index (χ0) is 28.0. The second-order valence-electron chi connectivity index (χ2n) is 11.0. The van der Waals surface area contributed by atoms with Crippen LogP contribution < -0.4 is 4.74 Å². The van der Waals surface area contributed by atoms with Gasteiger partial charge in [0.05, 0.1) is 28.9 Å². The average molecular weight is 544 g/mol. The second kappa shape index (κ2) is 8.25. The summed E-state index contributed by atoms with van der Waals surface area (Å²) in [7, 11) is 1.69. The number of nitrogens with zero attached hydrogens (tertiary/aromatic N) is 7. The third-order valence-electron chi connectivity index (χ3n) is 8.32. The van der Waals surface area contributed by atoms with Crippen molar-refractivity contribution in [2.75, 3.05) is 7.05 Å². The molecule has 0 spiro atoms. The van der Waals surface area contributed by atoms with E-state index in [-0.39, 0.29) is 36.4 Å². The van der Waals surface area contributed by atoms with E-state index in [2.05, 4.69) is 16.0 Å². The Morgan fingerprint density at radius 3 is 2.65 bits per heavy atom. The molecule has 1 N–H and O–H groups in total. The van der Waals surface area contributed by atoms with Crippen molar-refractivity contribution in [2.45, 2.75) is 50.4 Å². The summed E-state index contributed by atoms with van der Waals surface area (Å²) in [5.74, 6) is -0.482. The average Bonchev–Trinajstić information content (AvgIpc) is 3.45. The van der Waals surface area contributed by atoms with Crippen LogP contribution in [0.1, 0.15) is 71.1 Å². The standard InChI is InChI=1S/C28H23F2N7O3/c1-27(13-31)11-28(39,12-27)25-32-9-14(10-33-25)17-6-7-37-23(34-17)21-16-8-18(22(21)35-37)36(2)24(38)15-4-3-5-19(20(15)16)40-26(29)30/h3-7,9-10,16,18,26,39H,8,11-12H2,1-2H3. The van der Waals surface area contributed by atoms with Crippen LogP contribution in [0.5, 0.6) is 5.75 Å². The summed E-state index contributed by atoms with van der Waals surface area (Å²) >= 11 is 0. The molecule has 1 aliphatic heterocycles. The first-order valence-corrected chi connectivity index (χ1v) is 12.8. The van der Waals surface area contributed by atoms with Gasteiger partial charge in [-0.3, -0.25) is 4.79 Å². The fraction of sp³-hybridized carbons (Fsp3) is 0.357. The maximum Gasteiger partial charge on any atom is 0.387 e. The fourth-order valence-corrected chi connectivity index (χ4v) is 6.56. The molecular formula is C28H23F2N7O3. The van der Waals surface area contributed by atoms with Gasteiger partial charge in [0, 0.05) is 66.7 Å². The number of nitriles is 1. The van der Waals surface area contributed by atoms with Crippen LogP contribution in [-0.2, 0) is 5.60 Å². The summed E-state index contributed by atoms with van der Waals surface area (Å²) in [6.07, 6.45) is 5.91. The number of ether oxygens (including phenoxy) is 1. The highest BCUT2D eigenvalue weighted by Crippen LogP contribution is 2.54. The minimum Gasteiger partial charge on any atom is -0.434 e. The molecule has 2 aliphatic carbocycles. The number of halogens is 2. The lowest BCUT2D eigenvalue weighted by Crippen LogP contribution is -2.48. The van der Waals surface area contributed by atoms with Crippen molar-refractivity contribution < 1.29 is 23.4 Å². The lowest BCUT2D eigenvalue weighted by atomic mass is 9.60. The van der Waals surface area contributed by atoms with Crippen LogP contribution in [0.4, 0.5) is 8.78 Å². The Hall–Kier alpha value is -4.50. The Kier molecular flexibility index (Phi) is 5.06. The minimum absolute atomic E-state index is 0.0336. The molecule has 0 radical (unpaired) electrons. The van der Waals surface area contributed by atoms with Crippen molar-refractivity contribution >= 4 is 11.6 Å². The van der Waals surface area contributed by atoms with Gasteiger partial charge in [-0.1, -0.05) is 6.07 Å². The lowest BCUT2D eigenvalue weighted by molar-refractivity contribution is -0.109. The van der Waals surface area contributed by atoms with E-state index in [1.165, 1.54) is 6.07 Å². The van der Waals surface area contributed by atoms with Crippen LogP contribution in [0.25, 0.3) is 16.9 Å². The van der Waals surface area contributed by atoms with Gasteiger partial charge in [-0.15, -0.1) is 0 Å². The molecule has 1 saturated carbocycles. The van der Waals surface area contributed by atoms with Gasteiger partial charge in [0.15, 0.2) is 11.5 Å². The molecule has 1 aromatic carbocycles. The summed E-state index contributed by atoms with van der Waals surface area (Å²) in [6, 6.07) is 8.25. The van der Waals surface area contributed by atoms with Crippen LogP contribution in [0, 0.1) is 16.7 Å². The zero-order valence-corrected chi connectivity index (χ0v) is 21.5. The van der Waals surface area contributed by atoms with Gasteiger partial charge in [0.2, 0.25) is 0 Å². The smallest absolute Gasteiger partial charge is 0.387 e. The Morgan fingerprint density at radius 1 is 1.20 bits per heavy atom. The first kappa shape index (κ1) is 24.5. The predicted molar refractivity (Wildman–Crippen MR) is 135 cm³/mol. The number of hydrogen-bond donors (Lipinski definition) is 1. The lowest BCUT2D eigenvalue weighted by Gasteiger charge is -2.46. The molecular weight excluding hydrogens is 520 g/mol. The van der Waals surface area contributed by atoms with Crippen molar-refractivity contribution in [2.24, 2.45) is 5.41 Å². The Bertz CT molecular complexity index is 1740. The van der Waals surface area contributed by atoms with Gasteiger partial charge in [0.25, 0.3) is 5.91 Å². The van der Waals surface area contributed by atoms with Crippen molar-refractivity contribution in [1.82, 2.24) is 29.5 Å². The van der Waals surface area contributed by atoms with Gasteiger partial charge >= 0.3 is 6.61 Å². The third kappa shape index (κ3) is 3.43. The number of aliphatic hydroxyl groups is 1. The minimum atomic E-state index is -3.04. The molecule has 4 heterocycles. The number of amides is 1. The van der Waals surface area contributed by atoms with E-state index in [0.29, 0.717) is 40.1 Å². The zero-order valence-electron chi connectivity index (χ0n) is 21.5. The molecule has 2 unspecified atom stereocenters. The predicted octanol–water partition coefficient (Wildman–Crippen LogP) is 3.96. The number of carbonyl (C=O) groups is 1. The summed E-state index contributed by atoms with van der Waals surface area (Å²) in [6.45, 7) is -1.24. The topological polar surface area (TPSA) is 130 Å². The monoisotopic (exact) mass is 543 g/mol. The molecule has 3 aromatic heterocycles. The quantitative estimate of drug-likeness (QED) is 0.410. The van der Waals surface area contributed by atoms with Crippen molar-refractivity contribution in [1.29, 1.82) is 5.26 Å². The van der Waals surface area contributed by atoms with Crippen LogP contribution >= 0.6 is 0 Å². The van der Waals surface area contributed by atoms with E-state index >= 15 is 0 Å². The highest BCUT2D eigenvalue weighted by Gasteiger charge is 2.54. The molecule has 3 aliphatic rings. The molecule has 12 heteroatoms. The number of alkyl halides is 2. The highest BCUT2D eigenvalue weighted by atomic mass is 19.3. The Balaban J connectivity index is 1.31. The van der Waals surface area contributed by atoms with Gasteiger partial charge in [-0.05, 0) is 31.5 Å². The van der Waals surface area contributed by atoms with Crippen molar-refractivity contribution in [3.05, 3.63) is 71.1 Å². The highest BCUT2D eigenvalue weighted by molar-refractivity contribution is 5.98. The largest absolute Gasteiger partial charge is 0.434 e. The Morgan fingerprint density at radius 2 is 1.95 bits per heavy atom. The number of hydrogen-bond acceptors (Lipinski definition) is 8. The van der Waals surface area contributed by atoms with Crippen molar-refractivity contribution in [3.8, 4) is 23.1 Å². The maximum atomic E-state index is 13.3. The number of benzene rings is 1. The van der Waals surface area contributed by atoms with Gasteiger partial charge in [-0.2, -0.15) is 19.1 Å². The molecule has 0 saturated heterocycles. The van der Waals surface area contributed by atoms with E-state index in [4.69, 9.17) is 14.8 Å².